The highest BCUT2D eigenvalue weighted by Gasteiger charge is 2.09. The Balaban J connectivity index is 2.32. The predicted molar refractivity (Wildman–Crippen MR) is 86.9 cm³/mol. The summed E-state index contributed by atoms with van der Waals surface area (Å²) in [6, 6.07) is 9.56. The van der Waals surface area contributed by atoms with Crippen LogP contribution in [-0.4, -0.2) is 23.6 Å². The molecule has 1 aromatic carbocycles. The van der Waals surface area contributed by atoms with E-state index in [4.69, 9.17) is 12.2 Å². The molecule has 0 bridgehead atoms. The molecule has 2 aromatic heterocycles. The van der Waals surface area contributed by atoms with E-state index in [-0.39, 0.29) is 5.56 Å². The molecule has 0 radical (unpaired) electrons. The molecule has 0 atom stereocenters. The van der Waals surface area contributed by atoms with Gasteiger partial charge >= 0.3 is 0 Å². The number of aromatic nitrogens is 2. The highest BCUT2D eigenvalue weighted by atomic mass is 32.1. The molecular formula is C14H13N3OS2. The summed E-state index contributed by atoms with van der Waals surface area (Å²) < 4.78 is 1.96. The number of hydrogen-bond donors (Lipinski definition) is 1. The van der Waals surface area contributed by atoms with Gasteiger partial charge < -0.3 is 9.88 Å². The lowest BCUT2D eigenvalue weighted by atomic mass is 10.2. The summed E-state index contributed by atoms with van der Waals surface area (Å²) in [5.74, 6) is 0. The van der Waals surface area contributed by atoms with Crippen LogP contribution in [0, 0.1) is 4.77 Å². The van der Waals surface area contributed by atoms with Crippen LogP contribution in [0.25, 0.3) is 15.9 Å². The van der Waals surface area contributed by atoms with E-state index in [9.17, 15) is 4.79 Å². The maximum Gasteiger partial charge on any atom is 0.267 e. The van der Waals surface area contributed by atoms with Gasteiger partial charge in [-0.1, -0.05) is 6.07 Å². The van der Waals surface area contributed by atoms with Crippen LogP contribution in [0.4, 0.5) is 5.69 Å². The van der Waals surface area contributed by atoms with Crippen molar-refractivity contribution in [2.24, 2.45) is 0 Å². The van der Waals surface area contributed by atoms with Crippen molar-refractivity contribution in [1.29, 1.82) is 0 Å². The average Bonchev–Trinajstić information content (AvgIpc) is 2.87. The summed E-state index contributed by atoms with van der Waals surface area (Å²) in [7, 11) is 3.93. The number of nitrogens with zero attached hydrogens (tertiary/aromatic N) is 2. The lowest BCUT2D eigenvalue weighted by molar-refractivity contribution is 0.941. The maximum absolute atomic E-state index is 12.6. The molecule has 0 aliphatic heterocycles. The Labute approximate surface area is 124 Å². The molecule has 20 heavy (non-hydrogen) atoms. The molecule has 3 aromatic rings. The molecule has 102 valence electrons. The van der Waals surface area contributed by atoms with Crippen molar-refractivity contribution in [3.8, 4) is 5.69 Å². The number of hydrogen-bond acceptors (Lipinski definition) is 4. The summed E-state index contributed by atoms with van der Waals surface area (Å²) in [6.07, 6.45) is 0. The van der Waals surface area contributed by atoms with Gasteiger partial charge in [0, 0.05) is 19.8 Å². The SMILES string of the molecule is CN(C)c1cccc(-n2c(=S)[nH]c3sccc3c2=O)c1. The third-order valence-electron chi connectivity index (χ3n) is 3.13. The first kappa shape index (κ1) is 13.1. The highest BCUT2D eigenvalue weighted by Crippen LogP contribution is 2.19. The van der Waals surface area contributed by atoms with Gasteiger partial charge in [-0.05, 0) is 41.9 Å². The van der Waals surface area contributed by atoms with Crippen LogP contribution in [0.1, 0.15) is 0 Å². The fourth-order valence-electron chi connectivity index (χ4n) is 2.08. The van der Waals surface area contributed by atoms with Crippen molar-refractivity contribution >= 4 is 39.5 Å². The summed E-state index contributed by atoms with van der Waals surface area (Å²) >= 11 is 6.81. The van der Waals surface area contributed by atoms with Crippen LogP contribution >= 0.6 is 23.6 Å². The molecule has 0 unspecified atom stereocenters. The Hall–Kier alpha value is -1.92. The first-order valence-electron chi connectivity index (χ1n) is 6.08. The first-order chi connectivity index (χ1) is 9.58. The van der Waals surface area contributed by atoms with Gasteiger partial charge in [0.1, 0.15) is 4.83 Å². The van der Waals surface area contributed by atoms with Crippen molar-refractivity contribution in [2.75, 3.05) is 19.0 Å². The number of H-pyrrole nitrogens is 1. The van der Waals surface area contributed by atoms with Crippen molar-refractivity contribution in [1.82, 2.24) is 9.55 Å². The molecule has 1 N–H and O–H groups in total. The predicted octanol–water partition coefficient (Wildman–Crippen LogP) is 3.18. The molecule has 0 aliphatic rings. The minimum atomic E-state index is -0.0825. The smallest absolute Gasteiger partial charge is 0.267 e. The average molecular weight is 303 g/mol. The number of anilines is 1. The Morgan fingerprint density at radius 2 is 2.10 bits per heavy atom. The van der Waals surface area contributed by atoms with Gasteiger partial charge in [0.05, 0.1) is 11.1 Å². The Morgan fingerprint density at radius 1 is 1.30 bits per heavy atom. The van der Waals surface area contributed by atoms with Crippen molar-refractivity contribution in [2.45, 2.75) is 0 Å². The van der Waals surface area contributed by atoms with E-state index in [1.807, 2.05) is 54.7 Å². The lowest BCUT2D eigenvalue weighted by Gasteiger charge is -2.14. The molecule has 0 aliphatic carbocycles. The van der Waals surface area contributed by atoms with Gasteiger partial charge in [-0.25, -0.2) is 0 Å². The van der Waals surface area contributed by atoms with Gasteiger partial charge in [0.15, 0.2) is 4.77 Å². The summed E-state index contributed by atoms with van der Waals surface area (Å²) in [4.78, 5) is 18.5. The van der Waals surface area contributed by atoms with E-state index in [0.29, 0.717) is 10.2 Å². The van der Waals surface area contributed by atoms with Gasteiger partial charge in [0.25, 0.3) is 5.56 Å². The van der Waals surface area contributed by atoms with Crippen molar-refractivity contribution in [3.05, 3.63) is 50.8 Å². The number of fused-ring (bicyclic) bond motifs is 1. The second-order valence-electron chi connectivity index (χ2n) is 4.65. The van der Waals surface area contributed by atoms with Crippen molar-refractivity contribution in [3.63, 3.8) is 0 Å². The molecule has 4 nitrogen and oxygen atoms in total. The zero-order chi connectivity index (χ0) is 14.3. The number of benzene rings is 1. The molecule has 0 amide bonds. The van der Waals surface area contributed by atoms with Crippen molar-refractivity contribution < 1.29 is 0 Å². The minimum Gasteiger partial charge on any atom is -0.378 e. The van der Waals surface area contributed by atoms with Gasteiger partial charge in [0.2, 0.25) is 0 Å². The van der Waals surface area contributed by atoms with Gasteiger partial charge in [-0.2, -0.15) is 0 Å². The third kappa shape index (κ3) is 2.07. The molecule has 2 heterocycles. The van der Waals surface area contributed by atoms with Crippen LogP contribution in [0.5, 0.6) is 0 Å². The highest BCUT2D eigenvalue weighted by molar-refractivity contribution is 7.71. The quantitative estimate of drug-likeness (QED) is 0.739. The van der Waals surface area contributed by atoms with Crippen LogP contribution in [0.15, 0.2) is 40.5 Å². The van der Waals surface area contributed by atoms with E-state index in [2.05, 4.69) is 4.98 Å². The van der Waals surface area contributed by atoms with E-state index in [1.54, 1.807) is 0 Å². The largest absolute Gasteiger partial charge is 0.378 e. The van der Waals surface area contributed by atoms with Crippen LogP contribution in [0.3, 0.4) is 0 Å². The Bertz CT molecular complexity index is 889. The van der Waals surface area contributed by atoms with E-state index >= 15 is 0 Å². The Morgan fingerprint density at radius 3 is 2.85 bits per heavy atom. The first-order valence-corrected chi connectivity index (χ1v) is 7.37. The maximum atomic E-state index is 12.6. The van der Waals surface area contributed by atoms with Crippen LogP contribution < -0.4 is 10.5 Å². The zero-order valence-corrected chi connectivity index (χ0v) is 12.7. The van der Waals surface area contributed by atoms with Gasteiger partial charge in [-0.3, -0.25) is 9.36 Å². The molecule has 3 rings (SSSR count). The molecule has 6 heteroatoms. The van der Waals surface area contributed by atoms with Gasteiger partial charge in [-0.15, -0.1) is 11.3 Å². The number of aromatic amines is 1. The van der Waals surface area contributed by atoms with E-state index in [1.165, 1.54) is 15.9 Å². The number of nitrogens with one attached hydrogen (secondary N) is 1. The second-order valence-corrected chi connectivity index (χ2v) is 5.95. The van der Waals surface area contributed by atoms with Crippen LogP contribution in [0.2, 0.25) is 0 Å². The summed E-state index contributed by atoms with van der Waals surface area (Å²) in [5, 5.41) is 2.55. The zero-order valence-electron chi connectivity index (χ0n) is 11.1. The topological polar surface area (TPSA) is 41.0 Å². The summed E-state index contributed by atoms with van der Waals surface area (Å²) in [5.41, 5.74) is 1.71. The lowest BCUT2D eigenvalue weighted by Crippen LogP contribution is -2.20. The standard InChI is InChI=1S/C14H13N3OS2/c1-16(2)9-4-3-5-10(8-9)17-13(18)11-6-7-20-12(11)15-14(17)19/h3-8H,1-2H3,(H,15,19). The third-order valence-corrected chi connectivity index (χ3v) is 4.24. The molecule has 0 spiro atoms. The monoisotopic (exact) mass is 303 g/mol. The van der Waals surface area contributed by atoms with E-state index in [0.717, 1.165) is 16.2 Å². The Kier molecular flexibility index (Phi) is 3.19. The molecule has 0 saturated carbocycles. The van der Waals surface area contributed by atoms with Crippen LogP contribution in [-0.2, 0) is 0 Å². The number of rotatable bonds is 2. The number of thiophene rings is 1. The summed E-state index contributed by atoms with van der Waals surface area (Å²) in [6.45, 7) is 0. The van der Waals surface area contributed by atoms with E-state index < -0.39 is 0 Å². The fraction of sp³-hybridized carbons (Fsp3) is 0.143. The molecule has 0 saturated heterocycles. The normalized spacial score (nSPS) is 10.9. The molecule has 0 fully saturated rings. The molecular weight excluding hydrogens is 290 g/mol. The minimum absolute atomic E-state index is 0.0825. The fourth-order valence-corrected chi connectivity index (χ4v) is 3.22. The second kappa shape index (κ2) is 4.88.